The van der Waals surface area contributed by atoms with Crippen LogP contribution in [-0.4, -0.2) is 5.97 Å². The van der Waals surface area contributed by atoms with Crippen LogP contribution in [0.3, 0.4) is 0 Å². The summed E-state index contributed by atoms with van der Waals surface area (Å²) in [4.78, 5) is 10.9. The van der Waals surface area contributed by atoms with Gasteiger partial charge < -0.3 is 20.4 Å². The lowest BCUT2D eigenvalue weighted by Crippen LogP contribution is -2.22. The van der Waals surface area contributed by atoms with Gasteiger partial charge in [-0.25, -0.2) is 0 Å². The number of carboxylic acid groups (broad SMARTS) is 1. The zero-order chi connectivity index (χ0) is 13.1. The predicted molar refractivity (Wildman–Crippen MR) is 66.4 cm³/mol. The molecule has 0 bridgehead atoms. The molecule has 0 spiro atoms. The Morgan fingerprint density at radius 3 is 2.44 bits per heavy atom. The number of hydrogen-bond donors (Lipinski definition) is 1. The zero-order valence-electron chi connectivity index (χ0n) is 9.84. The Bertz CT molecular complexity index is 576. The molecule has 0 amide bonds. The lowest BCUT2D eigenvalue weighted by Gasteiger charge is -2.12. The fourth-order valence-electron chi connectivity index (χ4n) is 1.53. The second-order valence-corrected chi connectivity index (χ2v) is 3.96. The fraction of sp³-hybridized carbons (Fsp3) is 0.0714. The van der Waals surface area contributed by atoms with Crippen molar-refractivity contribution in [2.24, 2.45) is 0 Å². The number of aromatic carboxylic acids is 1. The van der Waals surface area contributed by atoms with Crippen LogP contribution in [0.2, 0.25) is 0 Å². The fourth-order valence-corrected chi connectivity index (χ4v) is 1.53. The molecule has 4 nitrogen and oxygen atoms in total. The maximum atomic E-state index is 10.9. The lowest BCUT2D eigenvalue weighted by molar-refractivity contribution is -0.255. The van der Waals surface area contributed by atoms with Crippen molar-refractivity contribution in [1.29, 1.82) is 0 Å². The van der Waals surface area contributed by atoms with Crippen molar-refractivity contribution in [2.75, 3.05) is 5.73 Å². The second-order valence-electron chi connectivity index (χ2n) is 3.96. The number of rotatable bonds is 3. The van der Waals surface area contributed by atoms with Crippen LogP contribution >= 0.6 is 0 Å². The number of nitrogens with two attached hydrogens (primary N) is 1. The molecule has 2 rings (SSSR count). The van der Waals surface area contributed by atoms with E-state index in [2.05, 4.69) is 0 Å². The Hall–Kier alpha value is -2.49. The van der Waals surface area contributed by atoms with Gasteiger partial charge >= 0.3 is 0 Å². The molecule has 0 radical (unpaired) electrons. The van der Waals surface area contributed by atoms with Gasteiger partial charge in [0.25, 0.3) is 0 Å². The standard InChI is InChI=1S/C14H13NO3/c1-9-2-5-11(6-3-9)18-13-8-10(15)4-7-12(13)14(16)17/h2-8H,15H2,1H3,(H,16,17)/p-1. The quantitative estimate of drug-likeness (QED) is 0.832. The van der Waals surface area contributed by atoms with Gasteiger partial charge in [0, 0.05) is 17.3 Å². The summed E-state index contributed by atoms with van der Waals surface area (Å²) < 4.78 is 5.51. The summed E-state index contributed by atoms with van der Waals surface area (Å²) in [6, 6.07) is 11.6. The van der Waals surface area contributed by atoms with Crippen LogP contribution in [0.25, 0.3) is 0 Å². The minimum Gasteiger partial charge on any atom is -0.545 e. The van der Waals surface area contributed by atoms with Gasteiger partial charge in [-0.15, -0.1) is 0 Å². The summed E-state index contributed by atoms with van der Waals surface area (Å²) in [5, 5.41) is 10.9. The molecule has 0 aromatic heterocycles. The number of carbonyl (C=O) groups excluding carboxylic acids is 1. The molecule has 4 heteroatoms. The molecule has 2 aromatic carbocycles. The van der Waals surface area contributed by atoms with Crippen LogP contribution in [-0.2, 0) is 0 Å². The molecular weight excluding hydrogens is 230 g/mol. The number of benzene rings is 2. The molecule has 2 aromatic rings. The molecule has 92 valence electrons. The zero-order valence-corrected chi connectivity index (χ0v) is 9.84. The highest BCUT2D eigenvalue weighted by Crippen LogP contribution is 2.27. The van der Waals surface area contributed by atoms with E-state index in [9.17, 15) is 9.90 Å². The van der Waals surface area contributed by atoms with E-state index in [1.165, 1.54) is 18.2 Å². The van der Waals surface area contributed by atoms with Crippen LogP contribution in [0.4, 0.5) is 5.69 Å². The number of nitrogen functional groups attached to an aromatic ring is 1. The summed E-state index contributed by atoms with van der Waals surface area (Å²) in [6.07, 6.45) is 0. The van der Waals surface area contributed by atoms with E-state index in [1.807, 2.05) is 19.1 Å². The highest BCUT2D eigenvalue weighted by molar-refractivity contribution is 5.90. The summed E-state index contributed by atoms with van der Waals surface area (Å²) in [7, 11) is 0. The van der Waals surface area contributed by atoms with E-state index >= 15 is 0 Å². The number of anilines is 1. The first kappa shape index (κ1) is 12.0. The van der Waals surface area contributed by atoms with E-state index in [4.69, 9.17) is 10.5 Å². The Morgan fingerprint density at radius 1 is 1.17 bits per heavy atom. The Morgan fingerprint density at radius 2 is 1.83 bits per heavy atom. The molecule has 0 saturated heterocycles. The minimum atomic E-state index is -1.29. The summed E-state index contributed by atoms with van der Waals surface area (Å²) in [5.74, 6) is -0.565. The Balaban J connectivity index is 2.35. The molecule has 2 N–H and O–H groups in total. The molecule has 0 heterocycles. The van der Waals surface area contributed by atoms with Gasteiger partial charge in [-0.1, -0.05) is 17.7 Å². The molecule has 0 saturated carbocycles. The topological polar surface area (TPSA) is 75.4 Å². The number of carbonyl (C=O) groups is 1. The highest BCUT2D eigenvalue weighted by Gasteiger charge is 2.06. The van der Waals surface area contributed by atoms with Gasteiger partial charge in [-0.2, -0.15) is 0 Å². The van der Waals surface area contributed by atoms with Crippen molar-refractivity contribution < 1.29 is 14.6 Å². The Kier molecular flexibility index (Phi) is 3.19. The van der Waals surface area contributed by atoms with Crippen LogP contribution in [0, 0.1) is 6.92 Å². The van der Waals surface area contributed by atoms with Crippen molar-refractivity contribution in [3.8, 4) is 11.5 Å². The van der Waals surface area contributed by atoms with E-state index in [-0.39, 0.29) is 11.3 Å². The monoisotopic (exact) mass is 242 g/mol. The van der Waals surface area contributed by atoms with Crippen LogP contribution in [0.5, 0.6) is 11.5 Å². The van der Waals surface area contributed by atoms with E-state index in [0.29, 0.717) is 11.4 Å². The molecule has 0 atom stereocenters. The van der Waals surface area contributed by atoms with Gasteiger partial charge in [0.05, 0.1) is 5.97 Å². The van der Waals surface area contributed by atoms with Gasteiger partial charge in [-0.3, -0.25) is 0 Å². The molecule has 0 unspecified atom stereocenters. The third kappa shape index (κ3) is 2.60. The SMILES string of the molecule is Cc1ccc(Oc2cc(N)ccc2C(=O)[O-])cc1. The van der Waals surface area contributed by atoms with Crippen molar-refractivity contribution in [2.45, 2.75) is 6.92 Å². The largest absolute Gasteiger partial charge is 0.545 e. The summed E-state index contributed by atoms with van der Waals surface area (Å²) in [6.45, 7) is 1.96. The van der Waals surface area contributed by atoms with Gasteiger partial charge in [0.1, 0.15) is 11.5 Å². The van der Waals surface area contributed by atoms with Crippen molar-refractivity contribution >= 4 is 11.7 Å². The van der Waals surface area contributed by atoms with E-state index in [0.717, 1.165) is 5.56 Å². The average Bonchev–Trinajstić information content (AvgIpc) is 2.32. The van der Waals surface area contributed by atoms with Crippen LogP contribution < -0.4 is 15.6 Å². The normalized spacial score (nSPS) is 10.1. The minimum absolute atomic E-state index is 0.0234. The summed E-state index contributed by atoms with van der Waals surface area (Å²) >= 11 is 0. The van der Waals surface area contributed by atoms with Crippen molar-refractivity contribution in [1.82, 2.24) is 0 Å². The lowest BCUT2D eigenvalue weighted by atomic mass is 10.2. The highest BCUT2D eigenvalue weighted by atomic mass is 16.5. The van der Waals surface area contributed by atoms with Gasteiger partial charge in [0.2, 0.25) is 0 Å². The third-order valence-electron chi connectivity index (χ3n) is 2.47. The second kappa shape index (κ2) is 4.79. The molecule has 0 aliphatic heterocycles. The number of ether oxygens (including phenoxy) is 1. The first-order chi connectivity index (χ1) is 8.56. The van der Waals surface area contributed by atoms with Crippen LogP contribution in [0.15, 0.2) is 42.5 Å². The van der Waals surface area contributed by atoms with Crippen molar-refractivity contribution in [3.63, 3.8) is 0 Å². The number of aryl methyl sites for hydroxylation is 1. The Labute approximate surface area is 105 Å². The maximum absolute atomic E-state index is 10.9. The molecule has 0 fully saturated rings. The van der Waals surface area contributed by atoms with Crippen molar-refractivity contribution in [3.05, 3.63) is 53.6 Å². The van der Waals surface area contributed by atoms with Crippen LogP contribution in [0.1, 0.15) is 15.9 Å². The molecule has 18 heavy (non-hydrogen) atoms. The molecule has 0 aliphatic rings. The third-order valence-corrected chi connectivity index (χ3v) is 2.47. The molecular formula is C14H12NO3-. The van der Waals surface area contributed by atoms with Gasteiger partial charge in [-0.05, 0) is 31.2 Å². The average molecular weight is 242 g/mol. The first-order valence-corrected chi connectivity index (χ1v) is 5.41. The predicted octanol–water partition coefficient (Wildman–Crippen LogP) is 1.73. The van der Waals surface area contributed by atoms with Gasteiger partial charge in [0.15, 0.2) is 0 Å². The molecule has 0 aliphatic carbocycles. The first-order valence-electron chi connectivity index (χ1n) is 5.41. The van der Waals surface area contributed by atoms with E-state index < -0.39 is 5.97 Å². The number of hydrogen-bond acceptors (Lipinski definition) is 4. The van der Waals surface area contributed by atoms with E-state index in [1.54, 1.807) is 12.1 Å². The summed E-state index contributed by atoms with van der Waals surface area (Å²) in [5.41, 5.74) is 7.11. The number of carboxylic acids is 1. The smallest absolute Gasteiger partial charge is 0.138 e. The maximum Gasteiger partial charge on any atom is 0.138 e.